The molecule has 0 bridgehead atoms. The second-order valence-corrected chi connectivity index (χ2v) is 9.10. The molecule has 0 amide bonds. The molecule has 0 heterocycles. The molecule has 12 heteroatoms. The fourth-order valence-corrected chi connectivity index (χ4v) is 4.66. The average molecular weight is 531 g/mol. The molecule has 37 heavy (non-hydrogen) atoms. The third kappa shape index (κ3) is 5.86. The number of non-ortho nitro benzene ring substituents is 1. The number of sulfonamides is 1. The Morgan fingerprint density at radius 1 is 0.784 bits per heavy atom. The highest BCUT2D eigenvalue weighted by molar-refractivity contribution is 7.92. The number of ether oxygens (including phenoxy) is 5. The number of benzene rings is 3. The number of nitro groups is 1. The van der Waals surface area contributed by atoms with E-state index in [-0.39, 0.29) is 27.8 Å². The molecule has 3 aromatic carbocycles. The number of hydrogen-bond acceptors (Lipinski definition) is 9. The molecule has 0 spiro atoms. The quantitative estimate of drug-likeness (QED) is 0.214. The molecule has 196 valence electrons. The Hall–Kier alpha value is -4.45. The second kappa shape index (κ2) is 11.5. The van der Waals surface area contributed by atoms with Crippen LogP contribution in [0.4, 0.5) is 11.4 Å². The lowest BCUT2D eigenvalue weighted by molar-refractivity contribution is -0.385. The van der Waals surface area contributed by atoms with E-state index in [4.69, 9.17) is 23.7 Å². The number of methoxy groups -OCH3 is 5. The molecule has 0 saturated carbocycles. The summed E-state index contributed by atoms with van der Waals surface area (Å²) in [4.78, 5) is 10.2. The molecular weight excluding hydrogens is 504 g/mol. The zero-order chi connectivity index (χ0) is 27.2. The maximum Gasteiger partial charge on any atom is 0.270 e. The van der Waals surface area contributed by atoms with E-state index in [9.17, 15) is 18.5 Å². The molecule has 1 N–H and O–H groups in total. The molecule has 0 radical (unpaired) electrons. The molecule has 0 atom stereocenters. The predicted octanol–water partition coefficient (Wildman–Crippen LogP) is 4.61. The summed E-state index contributed by atoms with van der Waals surface area (Å²) in [5.41, 5.74) is 0.831. The van der Waals surface area contributed by atoms with Gasteiger partial charge < -0.3 is 23.7 Å². The maximum absolute atomic E-state index is 13.2. The minimum Gasteiger partial charge on any atom is -0.493 e. The summed E-state index contributed by atoms with van der Waals surface area (Å²) in [6.45, 7) is 0. The Labute approximate surface area is 214 Å². The van der Waals surface area contributed by atoms with Crippen LogP contribution in [0.3, 0.4) is 0 Å². The highest BCUT2D eigenvalue weighted by Gasteiger charge is 2.23. The normalized spacial score (nSPS) is 11.2. The molecule has 0 aromatic heterocycles. The van der Waals surface area contributed by atoms with E-state index in [0.29, 0.717) is 28.4 Å². The van der Waals surface area contributed by atoms with Crippen LogP contribution < -0.4 is 28.4 Å². The van der Waals surface area contributed by atoms with Gasteiger partial charge in [-0.05, 0) is 35.9 Å². The molecule has 0 aliphatic carbocycles. The van der Waals surface area contributed by atoms with E-state index in [1.54, 1.807) is 36.4 Å². The van der Waals surface area contributed by atoms with Gasteiger partial charge >= 0.3 is 0 Å². The highest BCUT2D eigenvalue weighted by Crippen LogP contribution is 2.41. The van der Waals surface area contributed by atoms with Gasteiger partial charge in [0.2, 0.25) is 5.75 Å². The number of hydrogen-bond donors (Lipinski definition) is 1. The molecule has 0 fully saturated rings. The number of nitro benzene ring substituents is 1. The largest absolute Gasteiger partial charge is 0.493 e. The van der Waals surface area contributed by atoms with E-state index < -0.39 is 14.9 Å². The Kier molecular flexibility index (Phi) is 8.45. The zero-order valence-electron chi connectivity index (χ0n) is 20.8. The number of rotatable bonds is 11. The van der Waals surface area contributed by atoms with Gasteiger partial charge in [0.1, 0.15) is 5.69 Å². The van der Waals surface area contributed by atoms with Crippen molar-refractivity contribution < 1.29 is 37.0 Å². The van der Waals surface area contributed by atoms with Crippen molar-refractivity contribution in [3.8, 4) is 28.7 Å². The van der Waals surface area contributed by atoms with Crippen LogP contribution in [0.5, 0.6) is 28.7 Å². The first-order valence-corrected chi connectivity index (χ1v) is 12.2. The first-order chi connectivity index (χ1) is 17.7. The van der Waals surface area contributed by atoms with E-state index in [2.05, 4.69) is 4.72 Å². The summed E-state index contributed by atoms with van der Waals surface area (Å²) in [6.07, 6.45) is 3.38. The Morgan fingerprint density at radius 3 is 1.95 bits per heavy atom. The third-order valence-corrected chi connectivity index (χ3v) is 6.64. The number of nitrogens with zero attached hydrogens (tertiary/aromatic N) is 1. The first kappa shape index (κ1) is 27.1. The van der Waals surface area contributed by atoms with Gasteiger partial charge in [0.05, 0.1) is 45.4 Å². The Balaban J connectivity index is 2.11. The summed E-state index contributed by atoms with van der Waals surface area (Å²) in [6, 6.07) is 11.4. The van der Waals surface area contributed by atoms with Crippen LogP contribution in [0.1, 0.15) is 11.1 Å². The number of anilines is 1. The Morgan fingerprint density at radius 2 is 1.41 bits per heavy atom. The summed E-state index contributed by atoms with van der Waals surface area (Å²) < 4.78 is 55.8. The van der Waals surface area contributed by atoms with Gasteiger partial charge in [-0.2, -0.15) is 0 Å². The van der Waals surface area contributed by atoms with Gasteiger partial charge in [0, 0.05) is 17.7 Å². The minimum absolute atomic E-state index is 0.0806. The van der Waals surface area contributed by atoms with Crippen molar-refractivity contribution in [2.75, 3.05) is 40.3 Å². The van der Waals surface area contributed by atoms with Gasteiger partial charge in [0.25, 0.3) is 15.7 Å². The van der Waals surface area contributed by atoms with Crippen molar-refractivity contribution >= 4 is 33.6 Å². The van der Waals surface area contributed by atoms with E-state index >= 15 is 0 Å². The van der Waals surface area contributed by atoms with E-state index in [1.807, 2.05) is 0 Å². The van der Waals surface area contributed by atoms with E-state index in [1.165, 1.54) is 53.7 Å². The van der Waals surface area contributed by atoms with Gasteiger partial charge in [-0.15, -0.1) is 0 Å². The van der Waals surface area contributed by atoms with Crippen molar-refractivity contribution in [2.45, 2.75) is 4.90 Å². The van der Waals surface area contributed by atoms with Gasteiger partial charge in [-0.1, -0.05) is 18.2 Å². The monoisotopic (exact) mass is 530 g/mol. The van der Waals surface area contributed by atoms with Gasteiger partial charge in [-0.25, -0.2) is 8.42 Å². The second-order valence-electron chi connectivity index (χ2n) is 7.42. The lowest BCUT2D eigenvalue weighted by Crippen LogP contribution is -2.15. The van der Waals surface area contributed by atoms with Crippen LogP contribution in [-0.2, 0) is 10.0 Å². The number of nitrogens with one attached hydrogen (secondary N) is 1. The molecule has 0 saturated heterocycles. The van der Waals surface area contributed by atoms with Crippen LogP contribution in [0.15, 0.2) is 53.4 Å². The van der Waals surface area contributed by atoms with E-state index in [0.717, 1.165) is 6.07 Å². The van der Waals surface area contributed by atoms with Crippen molar-refractivity contribution in [1.82, 2.24) is 0 Å². The Bertz CT molecular complexity index is 1410. The summed E-state index contributed by atoms with van der Waals surface area (Å²) in [5.74, 6) is 1.73. The maximum atomic E-state index is 13.2. The molecule has 11 nitrogen and oxygen atoms in total. The third-order valence-electron chi connectivity index (χ3n) is 5.30. The average Bonchev–Trinajstić information content (AvgIpc) is 2.91. The topological polar surface area (TPSA) is 135 Å². The van der Waals surface area contributed by atoms with Crippen molar-refractivity contribution in [3.05, 3.63) is 69.8 Å². The van der Waals surface area contributed by atoms with Gasteiger partial charge in [0.15, 0.2) is 23.0 Å². The summed E-state index contributed by atoms with van der Waals surface area (Å²) >= 11 is 0. The SMILES string of the molecule is COc1cc(/C=C\c2ccc(OC)c(OC)c2NS(=O)(=O)c2cccc([N+](=O)[O-])c2)cc(OC)c1OC. The predicted molar refractivity (Wildman–Crippen MR) is 138 cm³/mol. The molecule has 3 aromatic rings. The van der Waals surface area contributed by atoms with Crippen LogP contribution in [0.2, 0.25) is 0 Å². The van der Waals surface area contributed by atoms with Crippen molar-refractivity contribution in [1.29, 1.82) is 0 Å². The van der Waals surface area contributed by atoms with Crippen LogP contribution in [0.25, 0.3) is 12.2 Å². The molecule has 0 aliphatic heterocycles. The summed E-state index contributed by atoms with van der Waals surface area (Å²) in [5, 5.41) is 11.1. The fourth-order valence-electron chi connectivity index (χ4n) is 3.53. The standard InChI is InChI=1S/C25H26N2O9S/c1-32-20-12-11-17(10-9-16-13-21(33-2)24(35-4)22(14-16)34-3)23(25(20)36-5)26-37(30,31)19-8-6-7-18(15-19)27(28)29/h6-15,26H,1-5H3/b10-9-. The first-order valence-electron chi connectivity index (χ1n) is 10.7. The zero-order valence-corrected chi connectivity index (χ0v) is 21.6. The minimum atomic E-state index is -4.24. The van der Waals surface area contributed by atoms with Crippen molar-refractivity contribution in [2.24, 2.45) is 0 Å². The molecular formula is C25H26N2O9S. The van der Waals surface area contributed by atoms with Crippen molar-refractivity contribution in [3.63, 3.8) is 0 Å². The summed E-state index contributed by atoms with van der Waals surface area (Å²) in [7, 11) is 3.05. The molecule has 0 unspecified atom stereocenters. The van der Waals surface area contributed by atoms with Gasteiger partial charge in [-0.3, -0.25) is 14.8 Å². The molecule has 3 rings (SSSR count). The van der Waals surface area contributed by atoms with Crippen LogP contribution in [0, 0.1) is 10.1 Å². The van der Waals surface area contributed by atoms with Crippen LogP contribution >= 0.6 is 0 Å². The van der Waals surface area contributed by atoms with Crippen LogP contribution in [-0.4, -0.2) is 48.9 Å². The highest BCUT2D eigenvalue weighted by atomic mass is 32.2. The lowest BCUT2D eigenvalue weighted by atomic mass is 10.1. The smallest absolute Gasteiger partial charge is 0.270 e. The fraction of sp³-hybridized carbons (Fsp3) is 0.200. The lowest BCUT2D eigenvalue weighted by Gasteiger charge is -2.17. The molecule has 0 aliphatic rings.